The third-order valence-corrected chi connectivity index (χ3v) is 2.03. The van der Waals surface area contributed by atoms with Crippen molar-refractivity contribution in [2.24, 2.45) is 10.8 Å². The van der Waals surface area contributed by atoms with Crippen LogP contribution in [0.15, 0.2) is 0 Å². The molecule has 0 aliphatic carbocycles. The van der Waals surface area contributed by atoms with E-state index in [9.17, 15) is 0 Å². The maximum absolute atomic E-state index is 4.04. The molecule has 0 aromatic heterocycles. The molecule has 0 saturated carbocycles. The van der Waals surface area contributed by atoms with Crippen molar-refractivity contribution >= 4 is 0 Å². The molecule has 0 heterocycles. The first kappa shape index (κ1) is 23.2. The van der Waals surface area contributed by atoms with E-state index in [-0.39, 0.29) is 45.6 Å². The Kier molecular flexibility index (Phi) is 16.8. The first-order valence-electron chi connectivity index (χ1n) is 3.81. The molecular formula is C11H26Y-2. The zero-order valence-corrected chi connectivity index (χ0v) is 11.8. The summed E-state index contributed by atoms with van der Waals surface area (Å²) in [5.74, 6) is 0. The van der Waals surface area contributed by atoms with Crippen molar-refractivity contribution < 1.29 is 32.7 Å². The fraction of sp³-hybridized carbons (Fsp3) is 0.818. The standard InChI is InChI=1S/C8H17.C2H5.CH4.Y/c1-7(2,3)8(4,5)6;1-2;;/h1H2,2-6H3;1H2,2H3;1H4;/q2*-1;;. The Morgan fingerprint density at radius 3 is 0.917 bits per heavy atom. The SMILES string of the molecule is C.[CH2-]C.[CH2-]C(C)(C)C(C)(C)C.[Y]. The van der Waals surface area contributed by atoms with Crippen molar-refractivity contribution in [1.82, 2.24) is 0 Å². The van der Waals surface area contributed by atoms with Gasteiger partial charge in [0.15, 0.2) is 0 Å². The van der Waals surface area contributed by atoms with Crippen LogP contribution < -0.4 is 0 Å². The Hall–Kier alpha value is 1.10. The number of hydrogen-bond acceptors (Lipinski definition) is 0. The van der Waals surface area contributed by atoms with E-state index in [1.807, 2.05) is 0 Å². The summed E-state index contributed by atoms with van der Waals surface area (Å²) >= 11 is 0. The molecule has 0 fully saturated rings. The van der Waals surface area contributed by atoms with Crippen LogP contribution in [0.5, 0.6) is 0 Å². The van der Waals surface area contributed by atoms with Gasteiger partial charge in [-0.1, -0.05) is 47.5 Å². The van der Waals surface area contributed by atoms with Gasteiger partial charge in [-0.05, 0) is 0 Å². The summed E-state index contributed by atoms with van der Waals surface area (Å²) in [6, 6.07) is 0. The van der Waals surface area contributed by atoms with Gasteiger partial charge >= 0.3 is 0 Å². The molecule has 0 spiro atoms. The summed E-state index contributed by atoms with van der Waals surface area (Å²) in [7, 11) is 0. The zero-order chi connectivity index (χ0) is 9.00. The third kappa shape index (κ3) is 11.1. The predicted octanol–water partition coefficient (Wildman–Crippen LogP) is 4.37. The van der Waals surface area contributed by atoms with E-state index in [4.69, 9.17) is 0 Å². The van der Waals surface area contributed by atoms with Gasteiger partial charge in [0.1, 0.15) is 0 Å². The molecule has 1 radical (unpaired) electrons. The largest absolute Gasteiger partial charge is 0.346 e. The van der Waals surface area contributed by atoms with Crippen molar-refractivity contribution in [1.29, 1.82) is 0 Å². The van der Waals surface area contributed by atoms with Crippen LogP contribution in [0.3, 0.4) is 0 Å². The minimum Gasteiger partial charge on any atom is -0.346 e. The molecule has 0 atom stereocenters. The molecule has 0 N–H and O–H groups in total. The molecule has 0 bridgehead atoms. The predicted molar refractivity (Wildman–Crippen MR) is 56.4 cm³/mol. The van der Waals surface area contributed by atoms with E-state index in [2.05, 4.69) is 48.5 Å². The summed E-state index contributed by atoms with van der Waals surface area (Å²) in [6.07, 6.45) is 0. The summed E-state index contributed by atoms with van der Waals surface area (Å²) in [6.45, 7) is 20.0. The van der Waals surface area contributed by atoms with Crippen LogP contribution in [0, 0.1) is 24.7 Å². The Morgan fingerprint density at radius 2 is 0.917 bits per heavy atom. The van der Waals surface area contributed by atoms with Gasteiger partial charge in [0.25, 0.3) is 0 Å². The molecule has 0 aromatic carbocycles. The second kappa shape index (κ2) is 8.69. The molecule has 0 amide bonds. The molecule has 0 unspecified atom stereocenters. The van der Waals surface area contributed by atoms with E-state index < -0.39 is 0 Å². The van der Waals surface area contributed by atoms with Crippen LogP contribution >= 0.6 is 0 Å². The van der Waals surface area contributed by atoms with Gasteiger partial charge in [0.2, 0.25) is 0 Å². The van der Waals surface area contributed by atoms with Crippen LogP contribution in [0.2, 0.25) is 0 Å². The molecule has 75 valence electrons. The molecule has 1 heteroatoms. The fourth-order valence-electron chi connectivity index (χ4n) is 0. The van der Waals surface area contributed by atoms with Crippen LogP contribution in [0.1, 0.15) is 49.0 Å². The van der Waals surface area contributed by atoms with Crippen LogP contribution in [-0.2, 0) is 32.7 Å². The Bertz CT molecular complexity index is 60.0. The monoisotopic (exact) mass is 247 g/mol. The number of hydrogen-bond donors (Lipinski definition) is 0. The van der Waals surface area contributed by atoms with Crippen molar-refractivity contribution in [2.45, 2.75) is 49.0 Å². The Morgan fingerprint density at radius 1 is 0.833 bits per heavy atom. The van der Waals surface area contributed by atoms with Gasteiger partial charge in [-0.3, -0.25) is 0 Å². The Labute approximate surface area is 106 Å². The summed E-state index contributed by atoms with van der Waals surface area (Å²) in [5, 5.41) is 0. The first-order valence-corrected chi connectivity index (χ1v) is 3.81. The summed E-state index contributed by atoms with van der Waals surface area (Å²) in [5.41, 5.74) is 0.514. The quantitative estimate of drug-likeness (QED) is 0.558. The zero-order valence-electron chi connectivity index (χ0n) is 8.99. The average Bonchev–Trinajstić information content (AvgIpc) is 1.66. The van der Waals surface area contributed by atoms with Crippen molar-refractivity contribution in [2.75, 3.05) is 0 Å². The van der Waals surface area contributed by atoms with Gasteiger partial charge in [0.05, 0.1) is 0 Å². The van der Waals surface area contributed by atoms with Crippen molar-refractivity contribution in [3.8, 4) is 0 Å². The topological polar surface area (TPSA) is 0 Å². The molecular weight excluding hydrogens is 221 g/mol. The van der Waals surface area contributed by atoms with Gasteiger partial charge in [0, 0.05) is 32.7 Å². The second-order valence-electron chi connectivity index (χ2n) is 4.13. The van der Waals surface area contributed by atoms with Gasteiger partial charge < -0.3 is 13.8 Å². The maximum atomic E-state index is 4.04. The van der Waals surface area contributed by atoms with Crippen LogP contribution in [-0.4, -0.2) is 0 Å². The van der Waals surface area contributed by atoms with Crippen LogP contribution in [0.25, 0.3) is 0 Å². The molecule has 0 aliphatic heterocycles. The second-order valence-corrected chi connectivity index (χ2v) is 4.13. The minimum atomic E-state index is 0. The smallest absolute Gasteiger partial charge is 0 e. The molecule has 0 rings (SSSR count). The molecule has 0 saturated heterocycles. The molecule has 0 aromatic rings. The van der Waals surface area contributed by atoms with E-state index in [0.717, 1.165) is 0 Å². The summed E-state index contributed by atoms with van der Waals surface area (Å²) < 4.78 is 0. The number of rotatable bonds is 0. The normalized spacial score (nSPS) is 10.0. The maximum Gasteiger partial charge on any atom is 0 e. The van der Waals surface area contributed by atoms with E-state index in [1.165, 1.54) is 0 Å². The molecule has 0 nitrogen and oxygen atoms in total. The fourth-order valence-corrected chi connectivity index (χ4v) is 0. The third-order valence-electron chi connectivity index (χ3n) is 2.03. The van der Waals surface area contributed by atoms with E-state index in [0.29, 0.717) is 5.41 Å². The molecule has 12 heavy (non-hydrogen) atoms. The van der Waals surface area contributed by atoms with E-state index >= 15 is 0 Å². The summed E-state index contributed by atoms with van der Waals surface area (Å²) in [4.78, 5) is 0. The van der Waals surface area contributed by atoms with Crippen molar-refractivity contribution in [3.63, 3.8) is 0 Å². The van der Waals surface area contributed by atoms with Gasteiger partial charge in [-0.15, -0.1) is 0 Å². The van der Waals surface area contributed by atoms with E-state index in [1.54, 1.807) is 6.92 Å². The van der Waals surface area contributed by atoms with Gasteiger partial charge in [-0.2, -0.15) is 12.3 Å². The van der Waals surface area contributed by atoms with Crippen LogP contribution in [0.4, 0.5) is 0 Å². The molecule has 0 aliphatic rings. The van der Waals surface area contributed by atoms with Crippen molar-refractivity contribution in [3.05, 3.63) is 13.8 Å². The average molecular weight is 247 g/mol. The van der Waals surface area contributed by atoms with Gasteiger partial charge in [-0.25, -0.2) is 0 Å². The first-order chi connectivity index (χ1) is 4.25. The Balaban J connectivity index is -0.0000000740. The minimum absolute atomic E-state index is 0.